The average Bonchev–Trinajstić information content (AvgIpc) is 2.06. The van der Waals surface area contributed by atoms with E-state index in [9.17, 15) is 0 Å². The fourth-order valence-electron chi connectivity index (χ4n) is 1.34. The summed E-state index contributed by atoms with van der Waals surface area (Å²) in [5.74, 6) is 0. The van der Waals surface area contributed by atoms with Crippen LogP contribution in [0.1, 0.15) is 0 Å². The van der Waals surface area contributed by atoms with Gasteiger partial charge in [-0.3, -0.25) is 0 Å². The Hall–Kier alpha value is 0.570. The number of rotatable bonds is 7. The Labute approximate surface area is 88.2 Å². The molecule has 12 heavy (non-hydrogen) atoms. The smallest absolute Gasteiger partial charge is 0.129 e. The van der Waals surface area contributed by atoms with Crippen molar-refractivity contribution in [2.75, 3.05) is 43.8 Å². The SMILES string of the molecule is NCC[N+](CI)(CCN)CCN. The zero-order valence-electron chi connectivity index (χ0n) is 7.51. The molecule has 0 aliphatic rings. The molecule has 0 fully saturated rings. The minimum atomic E-state index is 0.711. The van der Waals surface area contributed by atoms with E-state index in [1.807, 2.05) is 0 Å². The lowest BCUT2D eigenvalue weighted by Crippen LogP contribution is -2.54. The number of nitrogens with two attached hydrogens (primary N) is 3. The molecule has 0 aromatic carbocycles. The van der Waals surface area contributed by atoms with E-state index >= 15 is 0 Å². The Morgan fingerprint density at radius 1 is 0.833 bits per heavy atom. The van der Waals surface area contributed by atoms with Crippen LogP contribution in [0.3, 0.4) is 0 Å². The van der Waals surface area contributed by atoms with Gasteiger partial charge in [0, 0.05) is 19.6 Å². The zero-order valence-corrected chi connectivity index (χ0v) is 9.66. The first-order valence-electron chi connectivity index (χ1n) is 4.26. The van der Waals surface area contributed by atoms with E-state index in [4.69, 9.17) is 17.2 Å². The van der Waals surface area contributed by atoms with Crippen LogP contribution in [0, 0.1) is 0 Å². The summed E-state index contributed by atoms with van der Waals surface area (Å²) in [7, 11) is 0. The van der Waals surface area contributed by atoms with Crippen LogP contribution in [0.25, 0.3) is 0 Å². The maximum absolute atomic E-state index is 5.55. The highest BCUT2D eigenvalue weighted by molar-refractivity contribution is 14.1. The Morgan fingerprint density at radius 3 is 1.33 bits per heavy atom. The summed E-state index contributed by atoms with van der Waals surface area (Å²) >= 11 is 2.38. The molecule has 0 atom stereocenters. The summed E-state index contributed by atoms with van der Waals surface area (Å²) in [6.07, 6.45) is 0. The highest BCUT2D eigenvalue weighted by atomic mass is 127. The van der Waals surface area contributed by atoms with Crippen molar-refractivity contribution in [2.24, 2.45) is 17.2 Å². The number of hydrogen-bond donors (Lipinski definition) is 3. The van der Waals surface area contributed by atoms with E-state index < -0.39 is 0 Å². The minimum Gasteiger partial charge on any atom is -0.326 e. The van der Waals surface area contributed by atoms with Gasteiger partial charge in [-0.15, -0.1) is 0 Å². The maximum atomic E-state index is 5.55. The quantitative estimate of drug-likeness (QED) is 0.245. The standard InChI is InChI=1S/C7H20IN4/c8-7-12(4-1-9,5-2-10)6-3-11/h1-7,9-11H2/q+1. The van der Waals surface area contributed by atoms with E-state index in [-0.39, 0.29) is 0 Å². The normalized spacial score (nSPS) is 12.0. The number of quaternary nitrogens is 1. The molecule has 0 saturated carbocycles. The van der Waals surface area contributed by atoms with Crippen molar-refractivity contribution in [1.29, 1.82) is 0 Å². The van der Waals surface area contributed by atoms with Crippen LogP contribution < -0.4 is 17.2 Å². The fourth-order valence-corrected chi connectivity index (χ4v) is 2.36. The van der Waals surface area contributed by atoms with Crippen LogP contribution in [-0.4, -0.2) is 48.3 Å². The van der Waals surface area contributed by atoms with Crippen LogP contribution in [-0.2, 0) is 0 Å². The number of halogens is 1. The van der Waals surface area contributed by atoms with Gasteiger partial charge in [0.2, 0.25) is 0 Å². The zero-order chi connectivity index (χ0) is 9.45. The summed E-state index contributed by atoms with van der Waals surface area (Å²) in [6.45, 7) is 5.08. The van der Waals surface area contributed by atoms with Crippen molar-refractivity contribution in [3.63, 3.8) is 0 Å². The summed E-state index contributed by atoms with van der Waals surface area (Å²) in [5.41, 5.74) is 16.7. The second-order valence-electron chi connectivity index (χ2n) is 3.00. The molecular formula is C7H20IN4+. The lowest BCUT2D eigenvalue weighted by Gasteiger charge is -2.36. The fraction of sp³-hybridized carbons (Fsp3) is 1.00. The van der Waals surface area contributed by atoms with E-state index in [0.717, 1.165) is 28.7 Å². The first-order valence-corrected chi connectivity index (χ1v) is 5.78. The number of alkyl halides is 1. The Bertz CT molecular complexity index is 92.6. The van der Waals surface area contributed by atoms with Gasteiger partial charge in [0.1, 0.15) is 4.55 Å². The van der Waals surface area contributed by atoms with E-state index in [1.165, 1.54) is 0 Å². The summed E-state index contributed by atoms with van der Waals surface area (Å²) in [6, 6.07) is 0. The van der Waals surface area contributed by atoms with Crippen LogP contribution in [0.15, 0.2) is 0 Å². The molecule has 0 spiro atoms. The topological polar surface area (TPSA) is 78.1 Å². The molecule has 0 aliphatic carbocycles. The van der Waals surface area contributed by atoms with Crippen molar-refractivity contribution < 1.29 is 4.48 Å². The molecule has 0 bridgehead atoms. The third kappa shape index (κ3) is 3.99. The molecule has 74 valence electrons. The van der Waals surface area contributed by atoms with Crippen molar-refractivity contribution in [1.82, 2.24) is 0 Å². The van der Waals surface area contributed by atoms with Crippen molar-refractivity contribution in [3.05, 3.63) is 0 Å². The molecule has 0 unspecified atom stereocenters. The summed E-state index contributed by atoms with van der Waals surface area (Å²) in [4.78, 5) is 0. The molecule has 0 radical (unpaired) electrons. The molecule has 0 aromatic rings. The molecular weight excluding hydrogens is 267 g/mol. The van der Waals surface area contributed by atoms with Crippen molar-refractivity contribution in [2.45, 2.75) is 0 Å². The van der Waals surface area contributed by atoms with Crippen LogP contribution in [0.5, 0.6) is 0 Å². The van der Waals surface area contributed by atoms with Gasteiger partial charge in [0.05, 0.1) is 19.6 Å². The highest BCUT2D eigenvalue weighted by Crippen LogP contribution is 2.07. The van der Waals surface area contributed by atoms with E-state index in [0.29, 0.717) is 19.6 Å². The third-order valence-corrected chi connectivity index (χ3v) is 3.51. The third-order valence-electron chi connectivity index (χ3n) is 2.06. The first-order chi connectivity index (χ1) is 5.74. The predicted molar refractivity (Wildman–Crippen MR) is 60.9 cm³/mol. The minimum absolute atomic E-state index is 0.711. The predicted octanol–water partition coefficient (Wildman–Crippen LogP) is -0.928. The van der Waals surface area contributed by atoms with E-state index in [2.05, 4.69) is 22.6 Å². The summed E-state index contributed by atoms with van der Waals surface area (Å²) < 4.78 is 2.01. The van der Waals surface area contributed by atoms with Crippen molar-refractivity contribution >= 4 is 22.6 Å². The molecule has 0 aromatic heterocycles. The van der Waals surface area contributed by atoms with Gasteiger partial charge in [0.25, 0.3) is 0 Å². The number of hydrogen-bond acceptors (Lipinski definition) is 3. The largest absolute Gasteiger partial charge is 0.326 e. The van der Waals surface area contributed by atoms with Crippen LogP contribution in [0.2, 0.25) is 0 Å². The van der Waals surface area contributed by atoms with Gasteiger partial charge in [-0.1, -0.05) is 0 Å². The molecule has 0 rings (SSSR count). The second kappa shape index (κ2) is 7.02. The molecule has 0 heterocycles. The lowest BCUT2D eigenvalue weighted by atomic mass is 10.3. The number of nitrogens with zero attached hydrogens (tertiary/aromatic N) is 1. The Kier molecular flexibility index (Phi) is 7.35. The maximum Gasteiger partial charge on any atom is 0.129 e. The Balaban J connectivity index is 4.06. The first kappa shape index (κ1) is 12.6. The van der Waals surface area contributed by atoms with Gasteiger partial charge in [-0.25, -0.2) is 0 Å². The molecule has 5 heteroatoms. The van der Waals surface area contributed by atoms with Crippen molar-refractivity contribution in [3.8, 4) is 0 Å². The molecule has 4 nitrogen and oxygen atoms in total. The lowest BCUT2D eigenvalue weighted by molar-refractivity contribution is -0.909. The molecule has 0 amide bonds. The molecule has 0 saturated heterocycles. The van der Waals surface area contributed by atoms with Gasteiger partial charge in [0.15, 0.2) is 0 Å². The summed E-state index contributed by atoms with van der Waals surface area (Å²) in [5, 5.41) is 0. The van der Waals surface area contributed by atoms with Crippen LogP contribution >= 0.6 is 22.6 Å². The van der Waals surface area contributed by atoms with Crippen LogP contribution in [0.4, 0.5) is 0 Å². The van der Waals surface area contributed by atoms with Gasteiger partial charge >= 0.3 is 0 Å². The highest BCUT2D eigenvalue weighted by Gasteiger charge is 2.22. The Morgan fingerprint density at radius 2 is 1.17 bits per heavy atom. The second-order valence-corrected chi connectivity index (χ2v) is 3.68. The molecule has 0 aliphatic heterocycles. The van der Waals surface area contributed by atoms with Gasteiger partial charge in [-0.05, 0) is 22.6 Å². The monoisotopic (exact) mass is 287 g/mol. The van der Waals surface area contributed by atoms with Gasteiger partial charge in [-0.2, -0.15) is 0 Å². The van der Waals surface area contributed by atoms with Gasteiger partial charge < -0.3 is 21.7 Å². The molecule has 6 N–H and O–H groups in total. The van der Waals surface area contributed by atoms with E-state index in [1.54, 1.807) is 0 Å². The average molecular weight is 287 g/mol.